The molecule has 0 bridgehead atoms. The number of benzene rings is 2. The van der Waals surface area contributed by atoms with Crippen LogP contribution in [0.25, 0.3) is 10.8 Å². The van der Waals surface area contributed by atoms with E-state index in [1.165, 1.54) is 4.90 Å². The molecule has 3 aliphatic rings. The van der Waals surface area contributed by atoms with Gasteiger partial charge in [0.25, 0.3) is 0 Å². The van der Waals surface area contributed by atoms with E-state index in [1.54, 1.807) is 18.2 Å². The zero-order valence-electron chi connectivity index (χ0n) is 16.3. The smallest absolute Gasteiger partial charge is 0.338 e. The number of rotatable bonds is 3. The maximum absolute atomic E-state index is 12.9. The molecule has 8 N–H and O–H groups in total. The maximum Gasteiger partial charge on any atom is 0.338 e. The molecule has 162 valence electrons. The minimum absolute atomic E-state index is 0.0515. The number of esters is 1. The first-order valence-electron chi connectivity index (χ1n) is 9.75. The first-order valence-corrected chi connectivity index (χ1v) is 9.75. The summed E-state index contributed by atoms with van der Waals surface area (Å²) in [7, 11) is 0. The number of hydrogen-bond acceptors (Lipinski definition) is 11. The van der Waals surface area contributed by atoms with Gasteiger partial charge in [-0.2, -0.15) is 0 Å². The molecule has 31 heavy (non-hydrogen) atoms. The van der Waals surface area contributed by atoms with Crippen molar-refractivity contribution < 1.29 is 24.9 Å². The standard InChI is InChI=1S/C20H22N6O5/c21-17-24-15-13(9-27)23-18(22)26-8-14(20(29,30)19(15,26)25-17)31-16(28)12-6-5-10-3-1-2-4-11(10)7-12/h1-7,13-15,27,29-30H,8-9H2,(H2,22,23)(H3,21,24,25)/t13-,14-,15-,19-/m0/s1. The van der Waals surface area contributed by atoms with Gasteiger partial charge in [0.2, 0.25) is 5.79 Å². The van der Waals surface area contributed by atoms with Crippen LogP contribution in [0.3, 0.4) is 0 Å². The quantitative estimate of drug-likeness (QED) is 0.240. The molecule has 0 saturated carbocycles. The number of fused-ring (bicyclic) bond motifs is 1. The fraction of sp³-hybridized carbons (Fsp3) is 0.350. The lowest BCUT2D eigenvalue weighted by Gasteiger charge is -2.48. The summed E-state index contributed by atoms with van der Waals surface area (Å²) in [6.07, 6.45) is -1.39. The number of nitrogens with one attached hydrogen (secondary N) is 1. The predicted molar refractivity (Wildman–Crippen MR) is 111 cm³/mol. The zero-order chi connectivity index (χ0) is 22.0. The van der Waals surface area contributed by atoms with Gasteiger partial charge in [-0.15, -0.1) is 0 Å². The number of aliphatic imine (C=N–C) groups is 2. The van der Waals surface area contributed by atoms with Crippen LogP contribution >= 0.6 is 0 Å². The number of ether oxygens (including phenoxy) is 1. The minimum Gasteiger partial charge on any atom is -0.451 e. The van der Waals surface area contributed by atoms with Gasteiger partial charge in [-0.3, -0.25) is 0 Å². The second-order valence-corrected chi connectivity index (χ2v) is 7.88. The molecule has 11 nitrogen and oxygen atoms in total. The molecule has 0 amide bonds. The van der Waals surface area contributed by atoms with Gasteiger partial charge in [-0.05, 0) is 22.9 Å². The Morgan fingerprint density at radius 3 is 2.68 bits per heavy atom. The van der Waals surface area contributed by atoms with E-state index in [0.29, 0.717) is 0 Å². The first kappa shape index (κ1) is 19.5. The van der Waals surface area contributed by atoms with Crippen molar-refractivity contribution in [1.29, 1.82) is 0 Å². The summed E-state index contributed by atoms with van der Waals surface area (Å²) < 4.78 is 5.52. The van der Waals surface area contributed by atoms with Gasteiger partial charge < -0.3 is 41.7 Å². The zero-order valence-corrected chi connectivity index (χ0v) is 16.3. The normalized spacial score (nSPS) is 30.8. The van der Waals surface area contributed by atoms with Crippen molar-refractivity contribution in [2.45, 2.75) is 29.6 Å². The Balaban J connectivity index is 1.48. The van der Waals surface area contributed by atoms with Crippen molar-refractivity contribution in [2.24, 2.45) is 21.5 Å². The monoisotopic (exact) mass is 426 g/mol. The van der Waals surface area contributed by atoms with Gasteiger partial charge in [0.05, 0.1) is 18.7 Å². The highest BCUT2D eigenvalue weighted by Crippen LogP contribution is 2.45. The Labute approximate surface area is 176 Å². The molecule has 0 radical (unpaired) electrons. The third-order valence-electron chi connectivity index (χ3n) is 6.17. The van der Waals surface area contributed by atoms with Gasteiger partial charge in [-0.25, -0.2) is 14.8 Å². The topological polar surface area (TPSA) is 179 Å². The third-order valence-corrected chi connectivity index (χ3v) is 6.17. The predicted octanol–water partition coefficient (Wildman–Crippen LogP) is -1.97. The van der Waals surface area contributed by atoms with E-state index in [2.05, 4.69) is 15.3 Å². The van der Waals surface area contributed by atoms with Crippen molar-refractivity contribution in [1.82, 2.24) is 10.2 Å². The minimum atomic E-state index is -2.64. The molecule has 11 heteroatoms. The molecule has 1 fully saturated rings. The Morgan fingerprint density at radius 1 is 1.19 bits per heavy atom. The van der Waals surface area contributed by atoms with Crippen LogP contribution in [-0.4, -0.2) is 80.9 Å². The van der Waals surface area contributed by atoms with Crippen molar-refractivity contribution in [3.05, 3.63) is 48.0 Å². The van der Waals surface area contributed by atoms with Crippen LogP contribution in [0, 0.1) is 0 Å². The Morgan fingerprint density at radius 2 is 1.94 bits per heavy atom. The molecule has 3 aliphatic heterocycles. The summed E-state index contributed by atoms with van der Waals surface area (Å²) in [5.74, 6) is -3.48. The van der Waals surface area contributed by atoms with E-state index >= 15 is 0 Å². The number of aliphatic hydroxyl groups excluding tert-OH is 1. The van der Waals surface area contributed by atoms with E-state index in [9.17, 15) is 20.1 Å². The number of carbonyl (C=O) groups is 1. The number of hydrogen-bond donors (Lipinski definition) is 6. The highest BCUT2D eigenvalue weighted by atomic mass is 16.6. The molecular formula is C20H22N6O5. The first-order chi connectivity index (χ1) is 14.8. The van der Waals surface area contributed by atoms with Crippen LogP contribution in [0.4, 0.5) is 0 Å². The average Bonchev–Trinajstić information content (AvgIpc) is 3.22. The van der Waals surface area contributed by atoms with Crippen molar-refractivity contribution in [3.8, 4) is 0 Å². The summed E-state index contributed by atoms with van der Waals surface area (Å²) in [6, 6.07) is 10.8. The van der Waals surface area contributed by atoms with Gasteiger partial charge >= 0.3 is 5.97 Å². The van der Waals surface area contributed by atoms with Gasteiger partial charge in [-0.1, -0.05) is 30.3 Å². The van der Waals surface area contributed by atoms with Crippen LogP contribution in [-0.2, 0) is 4.74 Å². The number of guanidine groups is 2. The van der Waals surface area contributed by atoms with Gasteiger partial charge in [0, 0.05) is 0 Å². The number of nitrogens with two attached hydrogens (primary N) is 2. The Hall–Kier alpha value is -3.41. The summed E-state index contributed by atoms with van der Waals surface area (Å²) in [5.41, 5.74) is 10.4. The number of aliphatic hydroxyl groups is 3. The van der Waals surface area contributed by atoms with Gasteiger partial charge in [0.1, 0.15) is 12.1 Å². The van der Waals surface area contributed by atoms with E-state index in [0.717, 1.165) is 10.8 Å². The molecule has 5 rings (SSSR count). The third kappa shape index (κ3) is 2.60. The summed E-state index contributed by atoms with van der Waals surface area (Å²) in [6.45, 7) is -0.594. The molecule has 1 spiro atoms. The van der Waals surface area contributed by atoms with E-state index in [4.69, 9.17) is 16.2 Å². The lowest BCUT2D eigenvalue weighted by molar-refractivity contribution is -0.257. The van der Waals surface area contributed by atoms with E-state index < -0.39 is 42.2 Å². The summed E-state index contributed by atoms with van der Waals surface area (Å²) >= 11 is 0. The second kappa shape index (κ2) is 6.54. The number of carbonyl (C=O) groups excluding carboxylic acids is 1. The van der Waals surface area contributed by atoms with Crippen LogP contribution in [0.2, 0.25) is 0 Å². The van der Waals surface area contributed by atoms with Crippen LogP contribution in [0.5, 0.6) is 0 Å². The number of nitrogens with zero attached hydrogens (tertiary/aromatic N) is 3. The van der Waals surface area contributed by atoms with Crippen molar-refractivity contribution in [3.63, 3.8) is 0 Å². The van der Waals surface area contributed by atoms with Crippen molar-refractivity contribution >= 4 is 28.7 Å². The Kier molecular flexibility index (Phi) is 4.13. The van der Waals surface area contributed by atoms with Crippen LogP contribution in [0.1, 0.15) is 10.4 Å². The maximum atomic E-state index is 12.9. The lowest BCUT2D eigenvalue weighted by Crippen LogP contribution is -2.77. The molecule has 0 aromatic heterocycles. The lowest BCUT2D eigenvalue weighted by atomic mass is 9.86. The highest BCUT2D eigenvalue weighted by Gasteiger charge is 2.74. The molecule has 3 heterocycles. The highest BCUT2D eigenvalue weighted by molar-refractivity contribution is 5.95. The molecule has 1 saturated heterocycles. The fourth-order valence-electron chi connectivity index (χ4n) is 4.69. The fourth-order valence-corrected chi connectivity index (χ4v) is 4.69. The Bertz CT molecular complexity index is 1130. The second-order valence-electron chi connectivity index (χ2n) is 7.88. The molecule has 0 unspecified atom stereocenters. The average molecular weight is 426 g/mol. The SMILES string of the molecule is NC1=N[C@H]2[C@H](CO)N=C(N)N3C[C@H](OC(=O)c4ccc5ccccc5c4)C(O)(O)[C@]23N1. The van der Waals surface area contributed by atoms with Crippen LogP contribution in [0.15, 0.2) is 52.4 Å². The molecule has 2 aromatic rings. The van der Waals surface area contributed by atoms with E-state index in [-0.39, 0.29) is 24.0 Å². The molecule has 2 aromatic carbocycles. The van der Waals surface area contributed by atoms with E-state index in [1.807, 2.05) is 24.3 Å². The van der Waals surface area contributed by atoms with Gasteiger partial charge in [0.15, 0.2) is 23.7 Å². The summed E-state index contributed by atoms with van der Waals surface area (Å²) in [4.78, 5) is 22.6. The molecular weight excluding hydrogens is 404 g/mol. The molecule has 4 atom stereocenters. The summed E-state index contributed by atoms with van der Waals surface area (Å²) in [5, 5.41) is 36.6. The van der Waals surface area contributed by atoms with Crippen molar-refractivity contribution in [2.75, 3.05) is 13.2 Å². The largest absolute Gasteiger partial charge is 0.451 e. The van der Waals surface area contributed by atoms with Crippen LogP contribution < -0.4 is 16.8 Å². The molecule has 0 aliphatic carbocycles.